The maximum Gasteiger partial charge on any atom is 0.296 e. The molecule has 1 amide bonds. The van der Waals surface area contributed by atoms with Crippen molar-refractivity contribution in [2.45, 2.75) is 19.5 Å². The number of benzene rings is 2. The van der Waals surface area contributed by atoms with Gasteiger partial charge in [-0.3, -0.25) is 9.59 Å². The lowest BCUT2D eigenvalue weighted by molar-refractivity contribution is -0.140. The van der Waals surface area contributed by atoms with Crippen LogP contribution in [0.15, 0.2) is 70.9 Å². The van der Waals surface area contributed by atoms with E-state index in [4.69, 9.17) is 18.6 Å². The minimum Gasteiger partial charge on any atom is -0.507 e. The number of aliphatic hydroxyl groups is 1. The van der Waals surface area contributed by atoms with E-state index >= 15 is 0 Å². The summed E-state index contributed by atoms with van der Waals surface area (Å²) in [7, 11) is 0. The molecule has 1 saturated heterocycles. The summed E-state index contributed by atoms with van der Waals surface area (Å²) in [5.41, 5.74) is 1.08. The molecule has 2 aliphatic rings. The quantitative estimate of drug-likeness (QED) is 0.346. The van der Waals surface area contributed by atoms with Gasteiger partial charge in [-0.15, -0.1) is 0 Å². The maximum absolute atomic E-state index is 13.1. The Hall–Kier alpha value is -4.20. The van der Waals surface area contributed by atoms with Gasteiger partial charge in [-0.05, 0) is 48.9 Å². The number of Topliss-reactive ketones (excluding diaryl/α,β-unsaturated/α-hetero) is 1. The number of ether oxygens (including phenoxy) is 3. The molecule has 1 aromatic heterocycles. The molecule has 33 heavy (non-hydrogen) atoms. The second-order valence-electron chi connectivity index (χ2n) is 7.59. The Kier molecular flexibility index (Phi) is 5.26. The van der Waals surface area contributed by atoms with Gasteiger partial charge in [0.25, 0.3) is 11.7 Å². The highest BCUT2D eigenvalue weighted by molar-refractivity contribution is 6.46. The van der Waals surface area contributed by atoms with Crippen LogP contribution in [0.5, 0.6) is 17.2 Å². The lowest BCUT2D eigenvalue weighted by Crippen LogP contribution is -2.29. The summed E-state index contributed by atoms with van der Waals surface area (Å²) in [6, 6.07) is 14.5. The van der Waals surface area contributed by atoms with Crippen LogP contribution in [0.3, 0.4) is 0 Å². The summed E-state index contributed by atoms with van der Waals surface area (Å²) in [5, 5.41) is 11.1. The largest absolute Gasteiger partial charge is 0.507 e. The highest BCUT2D eigenvalue weighted by Gasteiger charge is 2.47. The molecule has 168 valence electrons. The average Bonchev–Trinajstić information content (AvgIpc) is 3.56. The number of carbonyl (C=O) groups excluding carboxylic acids is 2. The van der Waals surface area contributed by atoms with Crippen LogP contribution in [0.1, 0.15) is 29.9 Å². The maximum atomic E-state index is 13.1. The Balaban J connectivity index is 1.57. The van der Waals surface area contributed by atoms with Crippen molar-refractivity contribution in [1.29, 1.82) is 0 Å². The topological polar surface area (TPSA) is 98.4 Å². The standard InChI is InChI=1S/C25H21NO7/c1-2-30-17-6-3-5-16(12-17)23(27)21-22(19-7-4-10-31-19)26(25(29)24(21)28)13-15-8-9-18-20(11-15)33-14-32-18/h3-12,22,27H,2,13-14H2,1H3/b23-21-. The number of carbonyl (C=O) groups is 2. The Morgan fingerprint density at radius 1 is 1.09 bits per heavy atom. The van der Waals surface area contributed by atoms with Gasteiger partial charge in [-0.25, -0.2) is 0 Å². The summed E-state index contributed by atoms with van der Waals surface area (Å²) >= 11 is 0. The van der Waals surface area contributed by atoms with Crippen LogP contribution in [-0.2, 0) is 16.1 Å². The molecule has 1 atom stereocenters. The predicted molar refractivity (Wildman–Crippen MR) is 117 cm³/mol. The number of hydrogen-bond donors (Lipinski definition) is 1. The molecule has 0 saturated carbocycles. The third-order valence-corrected chi connectivity index (χ3v) is 5.56. The van der Waals surface area contributed by atoms with Crippen LogP contribution in [0.25, 0.3) is 5.76 Å². The number of aliphatic hydroxyl groups excluding tert-OH is 1. The highest BCUT2D eigenvalue weighted by atomic mass is 16.7. The number of furan rings is 1. The summed E-state index contributed by atoms with van der Waals surface area (Å²) in [5.74, 6) is 0.324. The number of likely N-dealkylation sites (tertiary alicyclic amines) is 1. The van der Waals surface area contributed by atoms with Gasteiger partial charge in [0, 0.05) is 12.1 Å². The fourth-order valence-electron chi connectivity index (χ4n) is 4.08. The average molecular weight is 447 g/mol. The normalized spacial score (nSPS) is 18.7. The van der Waals surface area contributed by atoms with E-state index in [1.54, 1.807) is 54.6 Å². The van der Waals surface area contributed by atoms with E-state index in [0.717, 1.165) is 5.56 Å². The van der Waals surface area contributed by atoms with Crippen molar-refractivity contribution in [3.63, 3.8) is 0 Å². The van der Waals surface area contributed by atoms with Crippen LogP contribution in [0.2, 0.25) is 0 Å². The number of nitrogens with zero attached hydrogens (tertiary/aromatic N) is 1. The molecule has 5 rings (SSSR count). The molecule has 2 aliphatic heterocycles. The third kappa shape index (κ3) is 3.69. The number of rotatable bonds is 6. The highest BCUT2D eigenvalue weighted by Crippen LogP contribution is 2.41. The third-order valence-electron chi connectivity index (χ3n) is 5.56. The van der Waals surface area contributed by atoms with Gasteiger partial charge in [0.2, 0.25) is 6.79 Å². The van der Waals surface area contributed by atoms with Crippen molar-refractivity contribution < 1.29 is 33.3 Å². The van der Waals surface area contributed by atoms with Gasteiger partial charge in [0.1, 0.15) is 23.3 Å². The summed E-state index contributed by atoms with van der Waals surface area (Å²) in [6.45, 7) is 2.56. The van der Waals surface area contributed by atoms with Crippen molar-refractivity contribution in [3.05, 3.63) is 83.3 Å². The van der Waals surface area contributed by atoms with E-state index in [9.17, 15) is 14.7 Å². The van der Waals surface area contributed by atoms with Crippen LogP contribution in [-0.4, -0.2) is 35.1 Å². The zero-order chi connectivity index (χ0) is 22.9. The van der Waals surface area contributed by atoms with E-state index in [-0.39, 0.29) is 24.7 Å². The number of amides is 1. The number of fused-ring (bicyclic) bond motifs is 1. The second-order valence-corrected chi connectivity index (χ2v) is 7.59. The molecular formula is C25H21NO7. The molecule has 3 aromatic rings. The fourth-order valence-corrected chi connectivity index (χ4v) is 4.08. The van der Waals surface area contributed by atoms with Crippen molar-refractivity contribution in [2.24, 2.45) is 0 Å². The Morgan fingerprint density at radius 2 is 1.94 bits per heavy atom. The molecule has 0 bridgehead atoms. The molecular weight excluding hydrogens is 426 g/mol. The monoisotopic (exact) mass is 447 g/mol. The molecule has 8 nitrogen and oxygen atoms in total. The smallest absolute Gasteiger partial charge is 0.296 e. The first-order valence-electron chi connectivity index (χ1n) is 10.5. The van der Waals surface area contributed by atoms with Crippen molar-refractivity contribution in [1.82, 2.24) is 4.90 Å². The van der Waals surface area contributed by atoms with Gasteiger partial charge >= 0.3 is 0 Å². The van der Waals surface area contributed by atoms with Crippen LogP contribution < -0.4 is 14.2 Å². The Bertz CT molecular complexity index is 1250. The molecule has 1 unspecified atom stereocenters. The number of ketones is 1. The van der Waals surface area contributed by atoms with Gasteiger partial charge in [0.05, 0.1) is 18.4 Å². The minimum atomic E-state index is -0.888. The molecule has 8 heteroatoms. The van der Waals surface area contributed by atoms with Crippen molar-refractivity contribution in [2.75, 3.05) is 13.4 Å². The molecule has 2 aromatic carbocycles. The molecule has 0 radical (unpaired) electrons. The van der Waals surface area contributed by atoms with E-state index in [1.165, 1.54) is 11.2 Å². The first-order valence-corrected chi connectivity index (χ1v) is 10.5. The lowest BCUT2D eigenvalue weighted by Gasteiger charge is -2.23. The zero-order valence-electron chi connectivity index (χ0n) is 17.8. The Labute approximate surface area is 189 Å². The fraction of sp³-hybridized carbons (Fsp3) is 0.200. The first-order chi connectivity index (χ1) is 16.1. The zero-order valence-corrected chi connectivity index (χ0v) is 17.8. The first kappa shape index (κ1) is 20.7. The summed E-state index contributed by atoms with van der Waals surface area (Å²) in [4.78, 5) is 27.6. The summed E-state index contributed by atoms with van der Waals surface area (Å²) in [6.07, 6.45) is 1.46. The van der Waals surface area contributed by atoms with Gasteiger partial charge in [-0.2, -0.15) is 0 Å². The van der Waals surface area contributed by atoms with Gasteiger partial charge in [0.15, 0.2) is 11.5 Å². The van der Waals surface area contributed by atoms with E-state index in [2.05, 4.69) is 0 Å². The number of hydrogen-bond acceptors (Lipinski definition) is 7. The second kappa shape index (κ2) is 8.38. The molecule has 1 N–H and O–H groups in total. The molecule has 1 fully saturated rings. The van der Waals surface area contributed by atoms with Crippen molar-refractivity contribution in [3.8, 4) is 17.2 Å². The van der Waals surface area contributed by atoms with E-state index in [0.29, 0.717) is 35.2 Å². The van der Waals surface area contributed by atoms with Crippen LogP contribution in [0, 0.1) is 0 Å². The van der Waals surface area contributed by atoms with Crippen LogP contribution in [0.4, 0.5) is 0 Å². The van der Waals surface area contributed by atoms with Crippen LogP contribution >= 0.6 is 0 Å². The molecule has 0 aliphatic carbocycles. The van der Waals surface area contributed by atoms with Gasteiger partial charge < -0.3 is 28.6 Å². The Morgan fingerprint density at radius 3 is 2.73 bits per heavy atom. The molecule has 3 heterocycles. The summed E-state index contributed by atoms with van der Waals surface area (Å²) < 4.78 is 21.9. The van der Waals surface area contributed by atoms with E-state index in [1.807, 2.05) is 6.92 Å². The minimum absolute atomic E-state index is 0.0376. The molecule has 0 spiro atoms. The lowest BCUT2D eigenvalue weighted by atomic mass is 9.99. The predicted octanol–water partition coefficient (Wildman–Crippen LogP) is 4.03. The van der Waals surface area contributed by atoms with Gasteiger partial charge in [-0.1, -0.05) is 18.2 Å². The van der Waals surface area contributed by atoms with Crippen molar-refractivity contribution >= 4 is 17.4 Å². The SMILES string of the molecule is CCOc1cccc(/C(O)=C2/C(=O)C(=O)N(Cc3ccc4c(c3)OCO4)C2c2ccco2)c1. The van der Waals surface area contributed by atoms with E-state index < -0.39 is 17.7 Å².